The molecule has 1 saturated heterocycles. The lowest BCUT2D eigenvalue weighted by molar-refractivity contribution is 0.0261. The minimum Gasteiger partial charge on any atom is -0.381 e. The van der Waals surface area contributed by atoms with Gasteiger partial charge in [-0.3, -0.25) is 4.79 Å². The predicted octanol–water partition coefficient (Wildman–Crippen LogP) is 3.51. The van der Waals surface area contributed by atoms with Gasteiger partial charge in [0.25, 0.3) is 5.91 Å². The average molecular weight is 344 g/mol. The summed E-state index contributed by atoms with van der Waals surface area (Å²) in [6.45, 7) is 1.71. The van der Waals surface area contributed by atoms with Gasteiger partial charge >= 0.3 is 0 Å². The second kappa shape index (κ2) is 6.96. The van der Waals surface area contributed by atoms with Crippen molar-refractivity contribution >= 4 is 5.91 Å². The topological polar surface area (TPSA) is 55.6 Å². The van der Waals surface area contributed by atoms with E-state index in [0.717, 1.165) is 37.0 Å². The SMILES string of the molecule is O=C(c1cc(C2CC2)on1)N(Cc1ccc(F)cc1)C1CCOCC1. The third kappa shape index (κ3) is 3.74. The van der Waals surface area contributed by atoms with Gasteiger partial charge in [-0.25, -0.2) is 4.39 Å². The maximum absolute atomic E-state index is 13.2. The van der Waals surface area contributed by atoms with Gasteiger partial charge in [0.05, 0.1) is 0 Å². The average Bonchev–Trinajstić information content (AvgIpc) is 3.38. The Morgan fingerprint density at radius 1 is 1.16 bits per heavy atom. The van der Waals surface area contributed by atoms with Crippen LogP contribution < -0.4 is 0 Å². The molecule has 1 aliphatic carbocycles. The lowest BCUT2D eigenvalue weighted by Gasteiger charge is -2.34. The number of hydrogen-bond acceptors (Lipinski definition) is 4. The van der Waals surface area contributed by atoms with Gasteiger partial charge in [-0.2, -0.15) is 0 Å². The molecule has 2 aliphatic rings. The highest BCUT2D eigenvalue weighted by Crippen LogP contribution is 2.40. The number of ether oxygens (including phenoxy) is 1. The highest BCUT2D eigenvalue weighted by molar-refractivity contribution is 5.92. The first-order valence-corrected chi connectivity index (χ1v) is 8.80. The predicted molar refractivity (Wildman–Crippen MR) is 88.6 cm³/mol. The second-order valence-corrected chi connectivity index (χ2v) is 6.79. The Morgan fingerprint density at radius 3 is 2.56 bits per heavy atom. The molecule has 132 valence electrons. The van der Waals surface area contributed by atoms with Crippen molar-refractivity contribution in [1.29, 1.82) is 0 Å². The number of carbonyl (C=O) groups is 1. The largest absolute Gasteiger partial charge is 0.381 e. The van der Waals surface area contributed by atoms with Gasteiger partial charge in [-0.05, 0) is 43.4 Å². The van der Waals surface area contributed by atoms with Crippen LogP contribution in [0.1, 0.15) is 53.4 Å². The first-order valence-electron chi connectivity index (χ1n) is 8.80. The van der Waals surface area contributed by atoms with Crippen molar-refractivity contribution < 1.29 is 18.4 Å². The van der Waals surface area contributed by atoms with Gasteiger partial charge in [0.15, 0.2) is 5.69 Å². The number of benzene rings is 1. The standard InChI is InChI=1S/C19H21FN2O3/c20-15-5-1-13(2-6-15)12-22(16-7-9-24-10-8-16)19(23)17-11-18(25-21-17)14-3-4-14/h1-2,5-6,11,14,16H,3-4,7-10,12H2. The van der Waals surface area contributed by atoms with Gasteiger partial charge in [-0.15, -0.1) is 0 Å². The Bertz CT molecular complexity index is 733. The molecule has 0 unspecified atom stereocenters. The Labute approximate surface area is 145 Å². The molecule has 0 atom stereocenters. The number of amides is 1. The molecule has 5 nitrogen and oxygen atoms in total. The molecule has 1 saturated carbocycles. The van der Waals surface area contributed by atoms with E-state index in [4.69, 9.17) is 9.26 Å². The van der Waals surface area contributed by atoms with E-state index in [0.29, 0.717) is 31.4 Å². The summed E-state index contributed by atoms with van der Waals surface area (Å²) >= 11 is 0. The fourth-order valence-corrected chi connectivity index (χ4v) is 3.25. The van der Waals surface area contributed by atoms with Crippen molar-refractivity contribution in [2.75, 3.05) is 13.2 Å². The summed E-state index contributed by atoms with van der Waals surface area (Å²) < 4.78 is 23.9. The van der Waals surface area contributed by atoms with Crippen molar-refractivity contribution in [2.45, 2.75) is 44.2 Å². The van der Waals surface area contributed by atoms with Crippen LogP contribution in [0.2, 0.25) is 0 Å². The zero-order valence-corrected chi connectivity index (χ0v) is 14.0. The summed E-state index contributed by atoms with van der Waals surface area (Å²) in [5, 5.41) is 3.99. The van der Waals surface area contributed by atoms with Gasteiger partial charge in [0.2, 0.25) is 0 Å². The van der Waals surface area contributed by atoms with E-state index in [1.54, 1.807) is 18.2 Å². The van der Waals surface area contributed by atoms with Crippen LogP contribution in [-0.2, 0) is 11.3 Å². The van der Waals surface area contributed by atoms with Gasteiger partial charge in [0.1, 0.15) is 11.6 Å². The van der Waals surface area contributed by atoms with E-state index < -0.39 is 0 Å². The summed E-state index contributed by atoms with van der Waals surface area (Å²) in [7, 11) is 0. The number of carbonyl (C=O) groups excluding carboxylic acids is 1. The molecular formula is C19H21FN2O3. The molecule has 1 aromatic carbocycles. The molecule has 25 heavy (non-hydrogen) atoms. The number of rotatable bonds is 5. The van der Waals surface area contributed by atoms with Crippen LogP contribution in [0.3, 0.4) is 0 Å². The summed E-state index contributed by atoms with van der Waals surface area (Å²) in [6.07, 6.45) is 3.78. The van der Waals surface area contributed by atoms with Crippen molar-refractivity contribution in [3.8, 4) is 0 Å². The van der Waals surface area contributed by atoms with Crippen LogP contribution >= 0.6 is 0 Å². The monoisotopic (exact) mass is 344 g/mol. The van der Waals surface area contributed by atoms with Crippen LogP contribution in [0.25, 0.3) is 0 Å². The lowest BCUT2D eigenvalue weighted by Crippen LogP contribution is -2.43. The van der Waals surface area contributed by atoms with Crippen LogP contribution in [0.15, 0.2) is 34.9 Å². The van der Waals surface area contributed by atoms with Gasteiger partial charge in [0, 0.05) is 37.8 Å². The molecular weight excluding hydrogens is 323 g/mol. The van der Waals surface area contributed by atoms with Crippen LogP contribution in [0.5, 0.6) is 0 Å². The highest BCUT2D eigenvalue weighted by atomic mass is 19.1. The maximum Gasteiger partial charge on any atom is 0.276 e. The van der Waals surface area contributed by atoms with Crippen molar-refractivity contribution in [3.63, 3.8) is 0 Å². The zero-order valence-electron chi connectivity index (χ0n) is 14.0. The van der Waals surface area contributed by atoms with Crippen LogP contribution in [0.4, 0.5) is 4.39 Å². The number of halogens is 1. The van der Waals surface area contributed by atoms with Crippen LogP contribution in [-0.4, -0.2) is 35.2 Å². The molecule has 2 aromatic rings. The third-order valence-electron chi connectivity index (χ3n) is 4.89. The molecule has 0 radical (unpaired) electrons. The first-order chi connectivity index (χ1) is 12.2. The van der Waals surface area contributed by atoms with E-state index in [-0.39, 0.29) is 17.8 Å². The second-order valence-electron chi connectivity index (χ2n) is 6.79. The molecule has 4 rings (SSSR count). The van der Waals surface area contributed by atoms with E-state index in [9.17, 15) is 9.18 Å². The zero-order chi connectivity index (χ0) is 17.2. The number of nitrogens with zero attached hydrogens (tertiary/aromatic N) is 2. The van der Waals surface area contributed by atoms with E-state index in [1.807, 2.05) is 4.90 Å². The summed E-state index contributed by atoms with van der Waals surface area (Å²) in [5.41, 5.74) is 1.25. The lowest BCUT2D eigenvalue weighted by atomic mass is 10.0. The maximum atomic E-state index is 13.2. The van der Waals surface area contributed by atoms with Crippen molar-refractivity contribution in [3.05, 3.63) is 53.2 Å². The summed E-state index contributed by atoms with van der Waals surface area (Å²) in [5.74, 6) is 0.810. The quantitative estimate of drug-likeness (QED) is 0.833. The minimum atomic E-state index is -0.279. The number of aromatic nitrogens is 1. The Kier molecular flexibility index (Phi) is 4.53. The molecule has 0 bridgehead atoms. The number of hydrogen-bond donors (Lipinski definition) is 0. The van der Waals surface area contributed by atoms with Crippen LogP contribution in [0, 0.1) is 5.82 Å². The van der Waals surface area contributed by atoms with E-state index in [2.05, 4.69) is 5.16 Å². The van der Waals surface area contributed by atoms with Crippen molar-refractivity contribution in [1.82, 2.24) is 10.1 Å². The molecule has 2 heterocycles. The first kappa shape index (κ1) is 16.3. The molecule has 0 spiro atoms. The fraction of sp³-hybridized carbons (Fsp3) is 0.474. The van der Waals surface area contributed by atoms with E-state index in [1.165, 1.54) is 12.1 Å². The van der Waals surface area contributed by atoms with E-state index >= 15 is 0 Å². The third-order valence-corrected chi connectivity index (χ3v) is 4.89. The van der Waals surface area contributed by atoms with Gasteiger partial charge in [-0.1, -0.05) is 17.3 Å². The molecule has 1 amide bonds. The minimum absolute atomic E-state index is 0.0902. The molecule has 1 aromatic heterocycles. The molecule has 6 heteroatoms. The van der Waals surface area contributed by atoms with Gasteiger partial charge < -0.3 is 14.2 Å². The summed E-state index contributed by atoms with van der Waals surface area (Å²) in [4.78, 5) is 14.9. The Hall–Kier alpha value is -2.21. The highest BCUT2D eigenvalue weighted by Gasteiger charge is 2.32. The Balaban J connectivity index is 1.56. The summed E-state index contributed by atoms with van der Waals surface area (Å²) in [6, 6.07) is 8.14. The Morgan fingerprint density at radius 2 is 1.88 bits per heavy atom. The van der Waals surface area contributed by atoms with Crippen molar-refractivity contribution in [2.24, 2.45) is 0 Å². The normalized spacial score (nSPS) is 18.3. The smallest absolute Gasteiger partial charge is 0.276 e. The fourth-order valence-electron chi connectivity index (χ4n) is 3.25. The molecule has 1 aliphatic heterocycles. The molecule has 2 fully saturated rings. The molecule has 0 N–H and O–H groups in total.